The summed E-state index contributed by atoms with van der Waals surface area (Å²) in [5.74, 6) is -4.26. The fraction of sp³-hybridized carbons (Fsp3) is 0.327. The first kappa shape index (κ1) is 54.2. The predicted octanol–water partition coefficient (Wildman–Crippen LogP) is 7.94. The Hall–Kier alpha value is -7.14. The average Bonchev–Trinajstić information content (AvgIpc) is 3.56. The first-order chi connectivity index (χ1) is 32.0. The van der Waals surface area contributed by atoms with E-state index in [2.05, 4.69) is 16.0 Å². The molecule has 0 radical (unpaired) electrons. The van der Waals surface area contributed by atoms with E-state index >= 15 is 0 Å². The summed E-state index contributed by atoms with van der Waals surface area (Å²) < 4.78 is 40.0. The number of carboxylic acid groups (broad SMARTS) is 2. The van der Waals surface area contributed by atoms with Crippen molar-refractivity contribution in [3.63, 3.8) is 0 Å². The summed E-state index contributed by atoms with van der Waals surface area (Å²) in [6.45, 7) is 8.40. The number of carbonyl (C=O) groups excluding carboxylic acids is 5. The Morgan fingerprint density at radius 2 is 1.55 bits per heavy atom. The Morgan fingerprint density at radius 3 is 2.18 bits per heavy atom. The molecule has 5 rings (SSSR count). The van der Waals surface area contributed by atoms with Gasteiger partial charge in [-0.1, -0.05) is 31.5 Å². The second kappa shape index (κ2) is 26.7. The number of unbranched alkanes of at least 4 members (excludes halogenated alkanes) is 1. The summed E-state index contributed by atoms with van der Waals surface area (Å²) in [5, 5.41) is 26.1. The van der Waals surface area contributed by atoms with Gasteiger partial charge in [-0.15, -0.1) is 0 Å². The van der Waals surface area contributed by atoms with Gasteiger partial charge in [-0.2, -0.15) is 0 Å². The van der Waals surface area contributed by atoms with Crippen LogP contribution in [0.5, 0.6) is 11.5 Å². The van der Waals surface area contributed by atoms with Gasteiger partial charge in [-0.25, -0.2) is 13.6 Å². The molecule has 3 amide bonds. The molecule has 2 atom stereocenters. The Bertz CT molecular complexity index is 2550. The van der Waals surface area contributed by atoms with Crippen LogP contribution >= 0.6 is 11.6 Å². The van der Waals surface area contributed by atoms with Crippen LogP contribution in [0.2, 0.25) is 5.02 Å². The maximum atomic E-state index is 14.3. The fourth-order valence-electron chi connectivity index (χ4n) is 6.96. The molecule has 0 saturated carbocycles. The van der Waals surface area contributed by atoms with Crippen LogP contribution in [0, 0.1) is 18.6 Å². The number of methoxy groups -OCH3 is 1. The number of halogens is 3. The molecule has 0 fully saturated rings. The summed E-state index contributed by atoms with van der Waals surface area (Å²) in [4.78, 5) is 84.9. The number of amides is 3. The van der Waals surface area contributed by atoms with E-state index in [0.717, 1.165) is 6.07 Å². The molecule has 15 nitrogen and oxygen atoms in total. The molecule has 0 aliphatic heterocycles. The van der Waals surface area contributed by atoms with Crippen LogP contribution in [0.15, 0.2) is 78.9 Å². The van der Waals surface area contributed by atoms with Gasteiger partial charge in [-0.05, 0) is 124 Å². The topological polar surface area (TPSA) is 219 Å². The zero-order valence-corrected chi connectivity index (χ0v) is 38.8. The molecule has 4 aromatic carbocycles. The van der Waals surface area contributed by atoms with Gasteiger partial charge in [0, 0.05) is 52.3 Å². The van der Waals surface area contributed by atoms with Crippen LogP contribution in [-0.2, 0) is 30.4 Å². The number of aromatic nitrogens is 1. The van der Waals surface area contributed by atoms with Gasteiger partial charge >= 0.3 is 5.97 Å². The van der Waals surface area contributed by atoms with E-state index in [4.69, 9.17) is 31.0 Å². The van der Waals surface area contributed by atoms with Crippen LogP contribution in [0.3, 0.4) is 0 Å². The Balaban J connectivity index is 0.00000229. The van der Waals surface area contributed by atoms with E-state index in [-0.39, 0.29) is 71.8 Å². The van der Waals surface area contributed by atoms with Crippen LogP contribution in [0.25, 0.3) is 22.0 Å². The highest BCUT2D eigenvalue weighted by Gasteiger charge is 2.24. The van der Waals surface area contributed by atoms with Gasteiger partial charge in [0.15, 0.2) is 12.4 Å². The van der Waals surface area contributed by atoms with Crippen molar-refractivity contribution in [1.29, 1.82) is 0 Å². The fourth-order valence-corrected chi connectivity index (χ4v) is 7.08. The largest absolute Gasteiger partial charge is 0.497 e. The first-order valence-corrected chi connectivity index (χ1v) is 21.7. The summed E-state index contributed by atoms with van der Waals surface area (Å²) in [6.07, 6.45) is 1.58. The number of aromatic carboxylic acids is 1. The van der Waals surface area contributed by atoms with E-state index in [1.165, 1.54) is 38.3 Å². The minimum Gasteiger partial charge on any atom is -0.497 e. The van der Waals surface area contributed by atoms with Crippen LogP contribution < -0.4 is 25.4 Å². The molecule has 5 N–H and O–H groups in total. The monoisotopic (exact) mass is 948 g/mol. The van der Waals surface area contributed by atoms with Crippen LogP contribution in [-0.4, -0.2) is 89.0 Å². The average molecular weight is 949 g/mol. The number of fused-ring (bicyclic) bond motifs is 1. The molecule has 0 saturated heterocycles. The van der Waals surface area contributed by atoms with Crippen molar-refractivity contribution < 1.29 is 62.0 Å². The number of hydrogen-bond acceptors (Lipinski definition) is 9. The second-order valence-electron chi connectivity index (χ2n) is 14.9. The molecule has 2 unspecified atom stereocenters. The number of carboxylic acids is 1. The third-order valence-electron chi connectivity index (χ3n) is 10.3. The molecule has 67 heavy (non-hydrogen) atoms. The van der Waals surface area contributed by atoms with E-state index in [0.29, 0.717) is 70.2 Å². The lowest BCUT2D eigenvalue weighted by Crippen LogP contribution is -2.41. The zero-order valence-electron chi connectivity index (χ0n) is 38.0. The van der Waals surface area contributed by atoms with Crippen LogP contribution in [0.1, 0.15) is 91.8 Å². The van der Waals surface area contributed by atoms with Crippen LogP contribution in [0.4, 0.5) is 8.78 Å². The lowest BCUT2D eigenvalue weighted by Gasteiger charge is -2.18. The first-order valence-electron chi connectivity index (χ1n) is 21.3. The predicted molar refractivity (Wildman–Crippen MR) is 249 cm³/mol. The van der Waals surface area contributed by atoms with Gasteiger partial charge in [0.2, 0.25) is 11.8 Å². The van der Waals surface area contributed by atoms with Gasteiger partial charge < -0.3 is 35.6 Å². The lowest BCUT2D eigenvalue weighted by atomic mass is 10.0. The third kappa shape index (κ3) is 15.8. The number of Topliss-reactive ketones (excluding diaryl/α,β-unsaturated/α-hetero) is 1. The number of nitrogens with one attached hydrogen (secondary N) is 3. The van der Waals surface area contributed by atoms with Gasteiger partial charge in [-0.3, -0.25) is 33.3 Å². The quantitative estimate of drug-likeness (QED) is 0.0373. The molecular weight excluding hydrogens is 894 g/mol. The number of carbonyl (C=O) groups is 7. The summed E-state index contributed by atoms with van der Waals surface area (Å²) in [5.41, 5.74) is 2.18. The molecule has 1 aromatic heterocycles. The number of benzene rings is 4. The number of hydrogen-bond donors (Lipinski definition) is 5. The smallest absolute Gasteiger partial charge is 0.339 e. The van der Waals surface area contributed by atoms with Crippen molar-refractivity contribution in [3.8, 4) is 22.6 Å². The maximum Gasteiger partial charge on any atom is 0.339 e. The third-order valence-corrected chi connectivity index (χ3v) is 10.5. The molecule has 0 aliphatic rings. The lowest BCUT2D eigenvalue weighted by molar-refractivity contribution is -0.127. The summed E-state index contributed by atoms with van der Waals surface area (Å²) in [7, 11) is 1.53. The molecular formula is C49H55ClF2N4O11. The Kier molecular flexibility index (Phi) is 21.6. The van der Waals surface area contributed by atoms with Gasteiger partial charge in [0.05, 0.1) is 25.1 Å². The minimum atomic E-state index is -1.37. The Labute approximate surface area is 391 Å². The highest BCUT2D eigenvalue weighted by Crippen LogP contribution is 2.32. The van der Waals surface area contributed by atoms with E-state index in [1.807, 2.05) is 13.8 Å². The number of ketones is 1. The molecule has 5 aromatic rings. The summed E-state index contributed by atoms with van der Waals surface area (Å²) >= 11 is 6.03. The number of nitrogens with zero attached hydrogens (tertiary/aromatic N) is 1. The molecule has 358 valence electrons. The van der Waals surface area contributed by atoms with E-state index in [1.54, 1.807) is 60.9 Å². The highest BCUT2D eigenvalue weighted by atomic mass is 35.5. The zero-order chi connectivity index (χ0) is 49.8. The van der Waals surface area contributed by atoms with Crippen molar-refractivity contribution in [3.05, 3.63) is 118 Å². The Morgan fingerprint density at radius 1 is 0.866 bits per heavy atom. The number of ether oxygens (including phenoxy) is 2. The van der Waals surface area contributed by atoms with E-state index in [9.17, 15) is 42.7 Å². The van der Waals surface area contributed by atoms with E-state index < -0.39 is 42.2 Å². The van der Waals surface area contributed by atoms with Gasteiger partial charge in [0.1, 0.15) is 28.7 Å². The molecule has 0 bridgehead atoms. The second-order valence-corrected chi connectivity index (χ2v) is 15.3. The number of rotatable bonds is 20. The van der Waals surface area contributed by atoms with Crippen molar-refractivity contribution in [1.82, 2.24) is 20.5 Å². The molecule has 0 spiro atoms. The van der Waals surface area contributed by atoms with Crippen molar-refractivity contribution in [2.45, 2.75) is 85.2 Å². The molecule has 18 heteroatoms. The normalized spacial score (nSPS) is 11.4. The maximum absolute atomic E-state index is 14.3. The standard InChI is InChI=1S/C46H47ClF2N4O9.C2H6.CH2O2/c1-26(51-43(56)24-35-27(2)53(40-17-15-33(61-4)23-36(35)40)45(58)29-9-12-31(47)13-10-29)8-19-42(55)52-39(28(3)54)7-5-6-20-50-44(57)25-62-41-18-11-30(21-37(41)46(59)60)34-16-14-32(48)22-38(34)49;1-2;2-1-3/h9-18,21-23,26,39H,5-8,19-20,24-25H2,1-4H3,(H,50,57)(H,51,56)(H,52,55)(H,59,60);1-2H3;1H,(H,2,3). The van der Waals surface area contributed by atoms with Crippen molar-refractivity contribution in [2.24, 2.45) is 0 Å². The summed E-state index contributed by atoms with van der Waals surface area (Å²) in [6, 6.07) is 17.5. The molecule has 0 aliphatic carbocycles. The van der Waals surface area contributed by atoms with Crippen molar-refractivity contribution >= 4 is 64.4 Å². The minimum absolute atomic E-state index is 0.000835. The highest BCUT2D eigenvalue weighted by molar-refractivity contribution is 6.30. The SMILES string of the molecule is CC.COc1ccc2c(c1)c(CC(=O)NC(C)CCC(=O)NC(CCCCNC(=O)COc1ccc(-c3ccc(F)cc3F)cc1C(=O)O)C(C)=O)c(C)n2C(=O)c1ccc(Cl)cc1.O=CO. The van der Waals surface area contributed by atoms with Crippen molar-refractivity contribution in [2.75, 3.05) is 20.3 Å². The van der Waals surface area contributed by atoms with Gasteiger partial charge in [0.25, 0.3) is 18.3 Å². The molecule has 1 heterocycles.